The second-order valence-electron chi connectivity index (χ2n) is 6.27. The zero-order chi connectivity index (χ0) is 14.7. The Morgan fingerprint density at radius 3 is 2.67 bits per heavy atom. The number of aromatic nitrogens is 2. The highest BCUT2D eigenvalue weighted by atomic mass is 16.5. The van der Waals surface area contributed by atoms with Gasteiger partial charge in [-0.25, -0.2) is 9.97 Å². The maximum absolute atomic E-state index is 12.0. The molecule has 0 amide bonds. The molecule has 0 aromatic carbocycles. The molecule has 1 fully saturated rings. The lowest BCUT2D eigenvalue weighted by Gasteiger charge is -2.28. The van der Waals surface area contributed by atoms with Crippen molar-refractivity contribution in [1.82, 2.24) is 9.97 Å². The Morgan fingerprint density at radius 1 is 1.14 bits per heavy atom. The van der Waals surface area contributed by atoms with Gasteiger partial charge in [0.1, 0.15) is 6.10 Å². The van der Waals surface area contributed by atoms with Crippen LogP contribution >= 0.6 is 0 Å². The topological polar surface area (TPSA) is 52.1 Å². The first kappa shape index (κ1) is 14.6. The van der Waals surface area contributed by atoms with Gasteiger partial charge in [0.15, 0.2) is 11.6 Å². The number of aryl methyl sites for hydroxylation is 1. The number of ether oxygens (including phenoxy) is 1. The zero-order valence-electron chi connectivity index (χ0n) is 12.8. The summed E-state index contributed by atoms with van der Waals surface area (Å²) >= 11 is 0. The van der Waals surface area contributed by atoms with E-state index in [0.717, 1.165) is 36.3 Å². The molecule has 0 saturated heterocycles. The van der Waals surface area contributed by atoms with E-state index in [9.17, 15) is 4.79 Å². The van der Waals surface area contributed by atoms with E-state index in [2.05, 4.69) is 4.98 Å². The van der Waals surface area contributed by atoms with Gasteiger partial charge in [0.2, 0.25) is 0 Å². The number of nitrogens with zero attached hydrogens (tertiary/aromatic N) is 2. The van der Waals surface area contributed by atoms with Gasteiger partial charge in [-0.05, 0) is 38.0 Å². The van der Waals surface area contributed by atoms with Crippen molar-refractivity contribution in [3.63, 3.8) is 0 Å². The van der Waals surface area contributed by atoms with Crippen LogP contribution in [-0.4, -0.2) is 22.9 Å². The van der Waals surface area contributed by atoms with Crippen LogP contribution in [0.1, 0.15) is 79.3 Å². The molecule has 1 saturated carbocycles. The maximum Gasteiger partial charge on any atom is 0.166 e. The van der Waals surface area contributed by atoms with Crippen molar-refractivity contribution in [3.05, 3.63) is 23.3 Å². The SMILES string of the molecule is COC(c1ncc2c(n1)CCCCC2=O)C1CCCCC1. The minimum atomic E-state index is -0.0195. The lowest BCUT2D eigenvalue weighted by molar-refractivity contribution is 0.0287. The smallest absolute Gasteiger partial charge is 0.166 e. The van der Waals surface area contributed by atoms with Crippen LogP contribution in [-0.2, 0) is 11.2 Å². The van der Waals surface area contributed by atoms with Crippen LogP contribution in [0.3, 0.4) is 0 Å². The van der Waals surface area contributed by atoms with E-state index in [1.54, 1.807) is 13.3 Å². The minimum Gasteiger partial charge on any atom is -0.373 e. The molecule has 0 spiro atoms. The Hall–Kier alpha value is -1.29. The van der Waals surface area contributed by atoms with Gasteiger partial charge in [-0.1, -0.05) is 19.3 Å². The summed E-state index contributed by atoms with van der Waals surface area (Å²) in [5.41, 5.74) is 1.66. The van der Waals surface area contributed by atoms with Gasteiger partial charge < -0.3 is 4.74 Å². The van der Waals surface area contributed by atoms with Crippen molar-refractivity contribution in [2.75, 3.05) is 7.11 Å². The van der Waals surface area contributed by atoms with E-state index >= 15 is 0 Å². The average molecular weight is 288 g/mol. The van der Waals surface area contributed by atoms with Crippen molar-refractivity contribution >= 4 is 5.78 Å². The van der Waals surface area contributed by atoms with Crippen molar-refractivity contribution in [3.8, 4) is 0 Å². The summed E-state index contributed by atoms with van der Waals surface area (Å²) < 4.78 is 5.72. The summed E-state index contributed by atoms with van der Waals surface area (Å²) in [6, 6.07) is 0. The normalized spacial score (nSPS) is 21.7. The fourth-order valence-electron chi connectivity index (χ4n) is 3.65. The molecule has 1 aromatic heterocycles. The van der Waals surface area contributed by atoms with Crippen LogP contribution in [0.25, 0.3) is 0 Å². The van der Waals surface area contributed by atoms with Gasteiger partial charge in [0.05, 0.1) is 11.3 Å². The van der Waals surface area contributed by atoms with E-state index in [-0.39, 0.29) is 11.9 Å². The molecule has 0 N–H and O–H groups in total. The molecule has 114 valence electrons. The van der Waals surface area contributed by atoms with Crippen LogP contribution in [0.2, 0.25) is 0 Å². The lowest BCUT2D eigenvalue weighted by atomic mass is 9.85. The van der Waals surface area contributed by atoms with E-state index in [0.29, 0.717) is 12.3 Å². The number of fused-ring (bicyclic) bond motifs is 1. The summed E-state index contributed by atoms with van der Waals surface area (Å²) in [6.07, 6.45) is 11.5. The third kappa shape index (κ3) is 3.15. The molecular weight excluding hydrogens is 264 g/mol. The van der Waals surface area contributed by atoms with E-state index in [1.807, 2.05) is 0 Å². The largest absolute Gasteiger partial charge is 0.373 e. The number of hydrogen-bond donors (Lipinski definition) is 0. The molecule has 2 aliphatic carbocycles. The Labute approximate surface area is 126 Å². The molecule has 1 heterocycles. The van der Waals surface area contributed by atoms with Crippen molar-refractivity contribution in [2.24, 2.45) is 5.92 Å². The van der Waals surface area contributed by atoms with Gasteiger partial charge in [0.25, 0.3) is 0 Å². The van der Waals surface area contributed by atoms with Crippen LogP contribution in [0.5, 0.6) is 0 Å². The van der Waals surface area contributed by atoms with E-state index in [1.165, 1.54) is 32.1 Å². The molecule has 4 heteroatoms. The minimum absolute atomic E-state index is 0.0195. The maximum atomic E-state index is 12.0. The van der Waals surface area contributed by atoms with Crippen LogP contribution in [0, 0.1) is 5.92 Å². The zero-order valence-corrected chi connectivity index (χ0v) is 12.8. The first-order valence-corrected chi connectivity index (χ1v) is 8.21. The summed E-state index contributed by atoms with van der Waals surface area (Å²) in [7, 11) is 1.75. The Kier molecular flexibility index (Phi) is 4.63. The Bertz CT molecular complexity index is 510. The predicted molar refractivity (Wildman–Crippen MR) is 80.2 cm³/mol. The monoisotopic (exact) mass is 288 g/mol. The molecule has 21 heavy (non-hydrogen) atoms. The average Bonchev–Trinajstić information content (AvgIpc) is 2.71. The van der Waals surface area contributed by atoms with Crippen molar-refractivity contribution in [1.29, 1.82) is 0 Å². The number of ketones is 1. The van der Waals surface area contributed by atoms with Crippen LogP contribution in [0.15, 0.2) is 6.20 Å². The highest BCUT2D eigenvalue weighted by Gasteiger charge is 2.28. The number of Topliss-reactive ketones (excluding diaryl/α,β-unsaturated/α-hetero) is 1. The molecule has 0 aliphatic heterocycles. The van der Waals surface area contributed by atoms with E-state index < -0.39 is 0 Å². The Balaban J connectivity index is 1.87. The molecule has 2 aliphatic rings. The summed E-state index contributed by atoms with van der Waals surface area (Å²) in [4.78, 5) is 21.2. The Morgan fingerprint density at radius 2 is 1.90 bits per heavy atom. The fourth-order valence-corrected chi connectivity index (χ4v) is 3.65. The molecule has 1 unspecified atom stereocenters. The number of methoxy groups -OCH3 is 1. The van der Waals surface area contributed by atoms with Gasteiger partial charge in [-0.3, -0.25) is 4.79 Å². The highest BCUT2D eigenvalue weighted by Crippen LogP contribution is 2.35. The van der Waals surface area contributed by atoms with Gasteiger partial charge in [-0.2, -0.15) is 0 Å². The molecular formula is C17H24N2O2. The third-order valence-electron chi connectivity index (χ3n) is 4.84. The molecule has 1 atom stereocenters. The van der Waals surface area contributed by atoms with Crippen LogP contribution < -0.4 is 0 Å². The second-order valence-corrected chi connectivity index (χ2v) is 6.27. The first-order valence-electron chi connectivity index (χ1n) is 8.21. The van der Waals surface area contributed by atoms with Gasteiger partial charge >= 0.3 is 0 Å². The van der Waals surface area contributed by atoms with Gasteiger partial charge in [-0.15, -0.1) is 0 Å². The number of carbonyl (C=O) groups is 1. The number of rotatable bonds is 3. The summed E-state index contributed by atoms with van der Waals surface area (Å²) in [5, 5.41) is 0. The number of carbonyl (C=O) groups excluding carboxylic acids is 1. The summed E-state index contributed by atoms with van der Waals surface area (Å²) in [6.45, 7) is 0. The molecule has 0 radical (unpaired) electrons. The lowest BCUT2D eigenvalue weighted by Crippen LogP contribution is -2.21. The quantitative estimate of drug-likeness (QED) is 0.797. The first-order chi connectivity index (χ1) is 10.3. The van der Waals surface area contributed by atoms with Crippen molar-refractivity contribution < 1.29 is 9.53 Å². The molecule has 0 bridgehead atoms. The molecule has 1 aromatic rings. The fraction of sp³-hybridized carbons (Fsp3) is 0.706. The van der Waals surface area contributed by atoms with E-state index in [4.69, 9.17) is 9.72 Å². The highest BCUT2D eigenvalue weighted by molar-refractivity contribution is 5.97. The predicted octanol–water partition coefficient (Wildman–Crippen LogP) is 3.65. The van der Waals surface area contributed by atoms with Crippen LogP contribution in [0.4, 0.5) is 0 Å². The molecule has 4 nitrogen and oxygen atoms in total. The number of hydrogen-bond acceptors (Lipinski definition) is 4. The molecule has 3 rings (SSSR count). The van der Waals surface area contributed by atoms with Gasteiger partial charge in [0, 0.05) is 19.7 Å². The third-order valence-corrected chi connectivity index (χ3v) is 4.84. The summed E-state index contributed by atoms with van der Waals surface area (Å²) in [5.74, 6) is 1.49. The second kappa shape index (κ2) is 6.65. The standard InChI is InChI=1S/C17H24N2O2/c1-21-16(12-7-3-2-4-8-12)17-18-11-13-14(19-17)9-5-6-10-15(13)20/h11-12,16H,2-10H2,1H3. The van der Waals surface area contributed by atoms with Crippen molar-refractivity contribution in [2.45, 2.75) is 63.9 Å².